The Bertz CT molecular complexity index is 1360. The molecule has 10 nitrogen and oxygen atoms in total. The van der Waals surface area contributed by atoms with Crippen molar-refractivity contribution in [3.63, 3.8) is 0 Å². The van der Waals surface area contributed by atoms with Gasteiger partial charge in [0, 0.05) is 23.7 Å². The number of carboxylic acid groups (broad SMARTS) is 1. The summed E-state index contributed by atoms with van der Waals surface area (Å²) in [5.74, 6) is -2.97. The van der Waals surface area contributed by atoms with Crippen molar-refractivity contribution in [3.8, 4) is 11.5 Å². The number of nitrogens with zero attached hydrogens (tertiary/aromatic N) is 1. The Labute approximate surface area is 206 Å². The van der Waals surface area contributed by atoms with E-state index in [1.165, 1.54) is 4.90 Å². The Morgan fingerprint density at radius 2 is 1.89 bits per heavy atom. The van der Waals surface area contributed by atoms with Crippen LogP contribution >= 0.6 is 0 Å². The molecule has 6 rings (SSSR count). The zero-order valence-corrected chi connectivity index (χ0v) is 19.8. The third-order valence-corrected chi connectivity index (χ3v) is 7.70. The molecule has 0 aliphatic carbocycles. The van der Waals surface area contributed by atoms with E-state index in [2.05, 4.69) is 10.6 Å². The number of carboxylic acids is 1. The molecule has 2 saturated heterocycles. The Balaban J connectivity index is 1.42. The lowest BCUT2D eigenvalue weighted by Crippen LogP contribution is -2.53. The second-order valence-electron chi connectivity index (χ2n) is 9.90. The number of carbonyl (C=O) groups excluding carboxylic acids is 3. The van der Waals surface area contributed by atoms with Crippen molar-refractivity contribution < 1.29 is 33.8 Å². The minimum Gasteiger partial charge on any atom is -0.481 e. The molecular weight excluding hydrogens is 466 g/mol. The van der Waals surface area contributed by atoms with Gasteiger partial charge in [0.15, 0.2) is 11.5 Å². The molecule has 4 aliphatic heterocycles. The summed E-state index contributed by atoms with van der Waals surface area (Å²) in [5, 5.41) is 15.5. The van der Waals surface area contributed by atoms with E-state index in [-0.39, 0.29) is 26.2 Å². The summed E-state index contributed by atoms with van der Waals surface area (Å²) in [4.78, 5) is 53.8. The second kappa shape index (κ2) is 7.79. The van der Waals surface area contributed by atoms with E-state index in [0.29, 0.717) is 28.3 Å². The fourth-order valence-electron chi connectivity index (χ4n) is 6.22. The predicted octanol–water partition coefficient (Wildman–Crippen LogP) is 1.82. The highest BCUT2D eigenvalue weighted by molar-refractivity contribution is 6.15. The van der Waals surface area contributed by atoms with Gasteiger partial charge in [-0.1, -0.05) is 23.8 Å². The molecule has 4 atom stereocenters. The number of anilines is 1. The van der Waals surface area contributed by atoms with E-state index in [0.717, 1.165) is 11.1 Å². The van der Waals surface area contributed by atoms with Crippen LogP contribution in [-0.2, 0) is 31.3 Å². The van der Waals surface area contributed by atoms with Gasteiger partial charge in [-0.05, 0) is 43.5 Å². The third kappa shape index (κ3) is 3.07. The first-order valence-electron chi connectivity index (χ1n) is 11.9. The first-order valence-corrected chi connectivity index (χ1v) is 11.9. The number of imide groups is 1. The van der Waals surface area contributed by atoms with Gasteiger partial charge in [-0.25, -0.2) is 0 Å². The van der Waals surface area contributed by atoms with Crippen LogP contribution in [0.15, 0.2) is 30.3 Å². The fraction of sp³-hybridized carbons (Fsp3) is 0.385. The molecule has 0 radical (unpaired) electrons. The van der Waals surface area contributed by atoms with Gasteiger partial charge >= 0.3 is 5.97 Å². The summed E-state index contributed by atoms with van der Waals surface area (Å²) in [6, 6.07) is 8.39. The number of hydrogen-bond acceptors (Lipinski definition) is 7. The maximum atomic E-state index is 13.9. The molecule has 0 unspecified atom stereocenters. The minimum atomic E-state index is -1.45. The molecule has 3 N–H and O–H groups in total. The van der Waals surface area contributed by atoms with Gasteiger partial charge in [-0.2, -0.15) is 0 Å². The molecule has 0 aromatic heterocycles. The summed E-state index contributed by atoms with van der Waals surface area (Å²) in [5.41, 5.74) is 2.28. The molecule has 1 spiro atoms. The number of aliphatic carboxylic acids is 1. The van der Waals surface area contributed by atoms with Crippen molar-refractivity contribution >= 4 is 29.4 Å². The van der Waals surface area contributed by atoms with Crippen LogP contribution in [0.5, 0.6) is 11.5 Å². The molecule has 0 saturated carbocycles. The average Bonchev–Trinajstić information content (AvgIpc) is 3.55. The number of nitrogens with one attached hydrogen (secondary N) is 2. The molecule has 2 aromatic carbocycles. The van der Waals surface area contributed by atoms with Crippen molar-refractivity contribution in [1.82, 2.24) is 10.2 Å². The summed E-state index contributed by atoms with van der Waals surface area (Å²) < 4.78 is 10.8. The molecule has 36 heavy (non-hydrogen) atoms. The Kier molecular flexibility index (Phi) is 4.88. The lowest BCUT2D eigenvalue weighted by Gasteiger charge is -2.30. The van der Waals surface area contributed by atoms with E-state index in [1.807, 2.05) is 26.0 Å². The van der Waals surface area contributed by atoms with Gasteiger partial charge in [0.05, 0.1) is 18.4 Å². The van der Waals surface area contributed by atoms with Gasteiger partial charge in [0.2, 0.25) is 24.5 Å². The Hall–Kier alpha value is -3.92. The van der Waals surface area contributed by atoms with E-state index >= 15 is 0 Å². The molecule has 0 bridgehead atoms. The van der Waals surface area contributed by atoms with Crippen molar-refractivity contribution in [2.75, 3.05) is 12.1 Å². The SMILES string of the molecule is Cc1cc(C)c2c(c1)[C@]1(N[C@@H](CCC(=O)O)[C@H]3C(=O)N(Cc4ccc5c(c4)OCO5)C(=O)[C@@H]31)C(=O)N2. The highest BCUT2D eigenvalue weighted by Gasteiger charge is 2.70. The van der Waals surface area contributed by atoms with Gasteiger partial charge in [-0.15, -0.1) is 0 Å². The predicted molar refractivity (Wildman–Crippen MR) is 125 cm³/mol. The van der Waals surface area contributed by atoms with E-state index < -0.39 is 47.1 Å². The first-order chi connectivity index (χ1) is 17.2. The number of aryl methyl sites for hydroxylation is 2. The van der Waals surface area contributed by atoms with Crippen LogP contribution in [0.3, 0.4) is 0 Å². The molecular formula is C26H25N3O7. The lowest BCUT2D eigenvalue weighted by atomic mass is 9.75. The number of rotatable bonds is 5. The molecule has 4 aliphatic rings. The summed E-state index contributed by atoms with van der Waals surface area (Å²) in [6.45, 7) is 3.92. The van der Waals surface area contributed by atoms with Crippen LogP contribution in [0.1, 0.15) is 35.1 Å². The molecule has 2 aromatic rings. The molecule has 2 fully saturated rings. The smallest absolute Gasteiger partial charge is 0.303 e. The van der Waals surface area contributed by atoms with Crippen molar-refractivity contribution in [3.05, 3.63) is 52.6 Å². The van der Waals surface area contributed by atoms with Crippen LogP contribution in [0, 0.1) is 25.7 Å². The van der Waals surface area contributed by atoms with Crippen LogP contribution in [0.4, 0.5) is 5.69 Å². The maximum absolute atomic E-state index is 13.9. The van der Waals surface area contributed by atoms with Crippen LogP contribution < -0.4 is 20.1 Å². The zero-order chi connectivity index (χ0) is 25.4. The minimum absolute atomic E-state index is 0.0182. The van der Waals surface area contributed by atoms with E-state index in [4.69, 9.17) is 9.47 Å². The summed E-state index contributed by atoms with van der Waals surface area (Å²) >= 11 is 0. The zero-order valence-electron chi connectivity index (χ0n) is 19.8. The van der Waals surface area contributed by atoms with Gasteiger partial charge in [-0.3, -0.25) is 29.4 Å². The van der Waals surface area contributed by atoms with Crippen LogP contribution in [-0.4, -0.2) is 46.5 Å². The lowest BCUT2D eigenvalue weighted by molar-refractivity contribution is -0.144. The highest BCUT2D eigenvalue weighted by atomic mass is 16.7. The monoisotopic (exact) mass is 491 g/mol. The normalized spacial score (nSPS) is 27.6. The second-order valence-corrected chi connectivity index (χ2v) is 9.90. The van der Waals surface area contributed by atoms with Gasteiger partial charge < -0.3 is 19.9 Å². The molecule has 10 heteroatoms. The number of carbonyl (C=O) groups is 4. The summed E-state index contributed by atoms with van der Waals surface area (Å²) in [7, 11) is 0. The molecule has 186 valence electrons. The van der Waals surface area contributed by atoms with Crippen molar-refractivity contribution in [1.29, 1.82) is 0 Å². The van der Waals surface area contributed by atoms with Crippen LogP contribution in [0.25, 0.3) is 0 Å². The van der Waals surface area contributed by atoms with Crippen LogP contribution in [0.2, 0.25) is 0 Å². The Morgan fingerprint density at radius 3 is 2.67 bits per heavy atom. The van der Waals surface area contributed by atoms with Crippen molar-refractivity contribution in [2.24, 2.45) is 11.8 Å². The molecule has 4 heterocycles. The number of ether oxygens (including phenoxy) is 2. The standard InChI is InChI=1S/C26H25N3O7/c1-12-7-13(2)22-15(8-12)26(25(34)27-22)21-20(16(28-26)4-6-19(30)31)23(32)29(24(21)33)10-14-3-5-17-18(9-14)36-11-35-17/h3,5,7-9,16,20-21,28H,4,6,10-11H2,1-2H3,(H,27,34)(H,30,31)/t16-,20+,21+,26+/m0/s1. The maximum Gasteiger partial charge on any atom is 0.303 e. The number of amides is 3. The quantitative estimate of drug-likeness (QED) is 0.540. The van der Waals surface area contributed by atoms with E-state index in [1.54, 1.807) is 18.2 Å². The van der Waals surface area contributed by atoms with Gasteiger partial charge in [0.1, 0.15) is 5.54 Å². The third-order valence-electron chi connectivity index (χ3n) is 7.70. The number of benzene rings is 2. The largest absolute Gasteiger partial charge is 0.481 e. The van der Waals surface area contributed by atoms with Gasteiger partial charge in [0.25, 0.3) is 0 Å². The fourth-order valence-corrected chi connectivity index (χ4v) is 6.22. The number of hydrogen-bond donors (Lipinski definition) is 3. The highest BCUT2D eigenvalue weighted by Crippen LogP contribution is 2.54. The van der Waals surface area contributed by atoms with Crippen molar-refractivity contribution in [2.45, 2.75) is 44.8 Å². The molecule has 3 amide bonds. The average molecular weight is 492 g/mol. The van der Waals surface area contributed by atoms with E-state index in [9.17, 15) is 24.3 Å². The first kappa shape index (κ1) is 22.5. The summed E-state index contributed by atoms with van der Waals surface area (Å²) in [6.07, 6.45) is -0.0789. The number of likely N-dealkylation sites (tertiary alicyclic amines) is 1. The Morgan fingerprint density at radius 1 is 1.11 bits per heavy atom. The number of fused-ring (bicyclic) bond motifs is 5. The topological polar surface area (TPSA) is 134 Å².